The van der Waals surface area contributed by atoms with Gasteiger partial charge in [0.2, 0.25) is 4.77 Å². The number of H-pyrrole nitrogens is 1. The monoisotopic (exact) mass is 394 g/mol. The molecule has 0 unspecified atom stereocenters. The number of benzene rings is 2. The van der Waals surface area contributed by atoms with Crippen molar-refractivity contribution in [2.45, 2.75) is 6.92 Å². The molecule has 4 aromatic rings. The van der Waals surface area contributed by atoms with Crippen LogP contribution < -0.4 is 0 Å². The van der Waals surface area contributed by atoms with E-state index >= 15 is 0 Å². The molecule has 2 heterocycles. The maximum atomic E-state index is 5.93. The SMILES string of the molecule is Cc1ccc(-c2n[nH]c(=S)n2/N=C\c2ccc(-c3ccc(Cl)cc3)o2)cc1. The largest absolute Gasteiger partial charge is 0.455 e. The van der Waals surface area contributed by atoms with E-state index in [0.717, 1.165) is 16.9 Å². The minimum atomic E-state index is 0.409. The topological polar surface area (TPSA) is 59.1 Å². The lowest BCUT2D eigenvalue weighted by molar-refractivity contribution is 0.574. The Bertz CT molecular complexity index is 1150. The third-order valence-electron chi connectivity index (χ3n) is 4.02. The van der Waals surface area contributed by atoms with E-state index in [-0.39, 0.29) is 0 Å². The maximum absolute atomic E-state index is 5.93. The van der Waals surface area contributed by atoms with E-state index in [1.54, 1.807) is 10.9 Å². The smallest absolute Gasteiger partial charge is 0.216 e. The van der Waals surface area contributed by atoms with E-state index in [4.69, 9.17) is 28.2 Å². The first kappa shape index (κ1) is 17.5. The highest BCUT2D eigenvalue weighted by molar-refractivity contribution is 7.71. The third-order valence-corrected chi connectivity index (χ3v) is 4.53. The van der Waals surface area contributed by atoms with Gasteiger partial charge in [0.15, 0.2) is 5.82 Å². The summed E-state index contributed by atoms with van der Waals surface area (Å²) in [4.78, 5) is 0. The average Bonchev–Trinajstić information content (AvgIpc) is 3.28. The maximum Gasteiger partial charge on any atom is 0.216 e. The van der Waals surface area contributed by atoms with Gasteiger partial charge in [0, 0.05) is 16.1 Å². The quantitative estimate of drug-likeness (QED) is 0.356. The van der Waals surface area contributed by atoms with Gasteiger partial charge in [0.1, 0.15) is 11.5 Å². The first-order valence-corrected chi connectivity index (χ1v) is 9.03. The van der Waals surface area contributed by atoms with Crippen molar-refractivity contribution in [2.24, 2.45) is 5.10 Å². The van der Waals surface area contributed by atoms with Crippen LogP contribution in [-0.2, 0) is 0 Å². The molecule has 4 rings (SSSR count). The summed E-state index contributed by atoms with van der Waals surface area (Å²) in [5.41, 5.74) is 3.04. The van der Waals surface area contributed by atoms with Crippen LogP contribution >= 0.6 is 23.8 Å². The van der Waals surface area contributed by atoms with Crippen LogP contribution in [0.2, 0.25) is 5.02 Å². The molecule has 0 spiro atoms. The van der Waals surface area contributed by atoms with Crippen LogP contribution in [0.3, 0.4) is 0 Å². The molecule has 0 saturated carbocycles. The highest BCUT2D eigenvalue weighted by atomic mass is 35.5. The molecule has 0 bridgehead atoms. The van der Waals surface area contributed by atoms with Crippen molar-refractivity contribution in [3.8, 4) is 22.7 Å². The number of nitrogens with one attached hydrogen (secondary N) is 1. The van der Waals surface area contributed by atoms with Crippen molar-refractivity contribution in [1.82, 2.24) is 14.9 Å². The van der Waals surface area contributed by atoms with Gasteiger partial charge in [-0.05, 0) is 55.5 Å². The summed E-state index contributed by atoms with van der Waals surface area (Å²) in [6.07, 6.45) is 1.61. The zero-order valence-electron chi connectivity index (χ0n) is 14.4. The number of halogens is 1. The zero-order valence-corrected chi connectivity index (χ0v) is 16.0. The van der Waals surface area contributed by atoms with Gasteiger partial charge in [-0.15, -0.1) is 0 Å². The van der Waals surface area contributed by atoms with Gasteiger partial charge >= 0.3 is 0 Å². The fraction of sp³-hybridized carbons (Fsp3) is 0.0500. The molecule has 2 aromatic heterocycles. The zero-order chi connectivity index (χ0) is 18.8. The predicted molar refractivity (Wildman–Crippen MR) is 110 cm³/mol. The first-order valence-electron chi connectivity index (χ1n) is 8.25. The van der Waals surface area contributed by atoms with Crippen molar-refractivity contribution >= 4 is 30.0 Å². The van der Waals surface area contributed by atoms with Crippen LogP contribution in [0.4, 0.5) is 0 Å². The molecule has 0 atom stereocenters. The Balaban J connectivity index is 1.62. The lowest BCUT2D eigenvalue weighted by atomic mass is 10.1. The van der Waals surface area contributed by atoms with E-state index in [1.165, 1.54) is 5.56 Å². The molecule has 134 valence electrons. The Morgan fingerprint density at radius 3 is 2.48 bits per heavy atom. The molecular formula is C20H15ClN4OS. The van der Waals surface area contributed by atoms with Crippen LogP contribution in [0, 0.1) is 11.7 Å². The second-order valence-electron chi connectivity index (χ2n) is 5.98. The summed E-state index contributed by atoms with van der Waals surface area (Å²) >= 11 is 11.2. The van der Waals surface area contributed by atoms with Gasteiger partial charge in [-0.1, -0.05) is 41.4 Å². The molecule has 0 radical (unpaired) electrons. The molecule has 7 heteroatoms. The Labute approximate surface area is 165 Å². The lowest BCUT2D eigenvalue weighted by Crippen LogP contribution is -1.94. The van der Waals surface area contributed by atoms with Crippen LogP contribution in [0.5, 0.6) is 0 Å². The van der Waals surface area contributed by atoms with Gasteiger partial charge in [0.05, 0.1) is 6.21 Å². The van der Waals surface area contributed by atoms with Gasteiger partial charge in [-0.2, -0.15) is 14.9 Å². The highest BCUT2D eigenvalue weighted by Gasteiger charge is 2.08. The van der Waals surface area contributed by atoms with Crippen molar-refractivity contribution in [2.75, 3.05) is 0 Å². The minimum absolute atomic E-state index is 0.409. The van der Waals surface area contributed by atoms with E-state index in [1.807, 2.05) is 67.6 Å². The van der Waals surface area contributed by atoms with Gasteiger partial charge in [-0.25, -0.2) is 5.10 Å². The molecular weight excluding hydrogens is 380 g/mol. The Morgan fingerprint density at radius 2 is 1.74 bits per heavy atom. The fourth-order valence-electron chi connectivity index (χ4n) is 2.59. The molecule has 0 aliphatic carbocycles. The van der Waals surface area contributed by atoms with E-state index in [0.29, 0.717) is 21.4 Å². The first-order chi connectivity index (χ1) is 13.1. The average molecular weight is 395 g/mol. The molecule has 0 aliphatic heterocycles. The van der Waals surface area contributed by atoms with Crippen molar-refractivity contribution in [1.29, 1.82) is 0 Å². The highest BCUT2D eigenvalue weighted by Crippen LogP contribution is 2.23. The third kappa shape index (κ3) is 3.77. The number of aryl methyl sites for hydroxylation is 1. The number of furan rings is 1. The number of hydrogen-bond donors (Lipinski definition) is 1. The number of hydrogen-bond acceptors (Lipinski definition) is 4. The summed E-state index contributed by atoms with van der Waals surface area (Å²) in [6.45, 7) is 2.04. The van der Waals surface area contributed by atoms with Crippen LogP contribution in [0.1, 0.15) is 11.3 Å². The summed E-state index contributed by atoms with van der Waals surface area (Å²) in [5, 5.41) is 12.2. The minimum Gasteiger partial charge on any atom is -0.455 e. The molecule has 27 heavy (non-hydrogen) atoms. The number of nitrogens with zero attached hydrogens (tertiary/aromatic N) is 3. The normalized spacial score (nSPS) is 11.3. The molecule has 0 saturated heterocycles. The molecule has 0 aliphatic rings. The second-order valence-corrected chi connectivity index (χ2v) is 6.81. The summed E-state index contributed by atoms with van der Waals surface area (Å²) < 4.78 is 7.82. The van der Waals surface area contributed by atoms with Gasteiger partial charge < -0.3 is 4.42 Å². The van der Waals surface area contributed by atoms with Crippen molar-refractivity contribution < 1.29 is 4.42 Å². The van der Waals surface area contributed by atoms with Crippen LogP contribution in [0.25, 0.3) is 22.7 Å². The Hall–Kier alpha value is -2.96. The summed E-state index contributed by atoms with van der Waals surface area (Å²) in [6, 6.07) is 19.2. The summed E-state index contributed by atoms with van der Waals surface area (Å²) in [7, 11) is 0. The Morgan fingerprint density at radius 1 is 1.04 bits per heavy atom. The van der Waals surface area contributed by atoms with Crippen LogP contribution in [0.15, 0.2) is 70.2 Å². The van der Waals surface area contributed by atoms with Gasteiger partial charge in [0.25, 0.3) is 0 Å². The fourth-order valence-corrected chi connectivity index (χ4v) is 2.90. The van der Waals surface area contributed by atoms with Crippen molar-refractivity contribution in [3.05, 3.63) is 81.8 Å². The number of aromatic amines is 1. The molecule has 2 aromatic carbocycles. The van der Waals surface area contributed by atoms with E-state index < -0.39 is 0 Å². The van der Waals surface area contributed by atoms with Crippen LogP contribution in [-0.4, -0.2) is 21.1 Å². The Kier molecular flexibility index (Phi) is 4.75. The second kappa shape index (κ2) is 7.34. The standard InChI is InChI=1S/C20H15ClN4OS/c1-13-2-4-15(5-3-13)19-23-24-20(27)25(19)22-12-17-10-11-18(26-17)14-6-8-16(21)9-7-14/h2-12H,1H3,(H,24,27)/b22-12-. The van der Waals surface area contributed by atoms with Gasteiger partial charge in [-0.3, -0.25) is 0 Å². The molecule has 0 amide bonds. The van der Waals surface area contributed by atoms with Crippen molar-refractivity contribution in [3.63, 3.8) is 0 Å². The van der Waals surface area contributed by atoms with E-state index in [9.17, 15) is 0 Å². The van der Waals surface area contributed by atoms with E-state index in [2.05, 4.69) is 15.3 Å². The summed E-state index contributed by atoms with van der Waals surface area (Å²) in [5.74, 6) is 1.99. The number of rotatable bonds is 4. The lowest BCUT2D eigenvalue weighted by Gasteiger charge is -2.01. The predicted octanol–water partition coefficient (Wildman–Crippen LogP) is 5.71. The molecule has 0 fully saturated rings. The molecule has 5 nitrogen and oxygen atoms in total. The molecule has 1 N–H and O–H groups in total. The number of aromatic nitrogens is 3.